The van der Waals surface area contributed by atoms with E-state index in [4.69, 9.17) is 0 Å². The van der Waals surface area contributed by atoms with E-state index in [0.717, 1.165) is 0 Å². The van der Waals surface area contributed by atoms with Crippen LogP contribution in [0.4, 0.5) is 5.69 Å². The molecular formula is C17H17NO4S. The largest absolute Gasteiger partial charge is 0.326 e. The van der Waals surface area contributed by atoms with E-state index in [1.807, 2.05) is 0 Å². The molecule has 2 aromatic carbocycles. The predicted molar refractivity (Wildman–Crippen MR) is 88.2 cm³/mol. The molecule has 0 fully saturated rings. The molecule has 5 nitrogen and oxygen atoms in total. The van der Waals surface area contributed by atoms with Crippen molar-refractivity contribution in [3.8, 4) is 0 Å². The fraction of sp³-hybridized carbons (Fsp3) is 0.176. The molecule has 0 aliphatic rings. The van der Waals surface area contributed by atoms with Crippen LogP contribution in [0.2, 0.25) is 0 Å². The Kier molecular flexibility index (Phi) is 5.28. The van der Waals surface area contributed by atoms with Crippen molar-refractivity contribution in [3.05, 3.63) is 60.2 Å². The zero-order valence-electron chi connectivity index (χ0n) is 12.7. The van der Waals surface area contributed by atoms with Gasteiger partial charge in [-0.15, -0.1) is 0 Å². The maximum atomic E-state index is 12.3. The number of ketones is 1. The van der Waals surface area contributed by atoms with Gasteiger partial charge in [-0.05, 0) is 24.3 Å². The van der Waals surface area contributed by atoms with Gasteiger partial charge in [0, 0.05) is 24.6 Å². The first kappa shape index (κ1) is 16.9. The van der Waals surface area contributed by atoms with Gasteiger partial charge in [0.2, 0.25) is 5.91 Å². The van der Waals surface area contributed by atoms with Crippen molar-refractivity contribution in [2.45, 2.75) is 18.2 Å². The molecule has 23 heavy (non-hydrogen) atoms. The number of hydrogen-bond donors (Lipinski definition) is 1. The Hall–Kier alpha value is -2.47. The molecule has 0 unspecified atom stereocenters. The summed E-state index contributed by atoms with van der Waals surface area (Å²) in [6.07, 6.45) is -0.0696. The fourth-order valence-electron chi connectivity index (χ4n) is 2.06. The number of carbonyl (C=O) groups excluding carboxylic acids is 2. The first-order chi connectivity index (χ1) is 10.9. The molecule has 0 bridgehead atoms. The molecule has 0 aliphatic heterocycles. The van der Waals surface area contributed by atoms with Crippen LogP contribution in [0.1, 0.15) is 23.7 Å². The molecule has 0 saturated carbocycles. The molecule has 0 saturated heterocycles. The minimum absolute atomic E-state index is 0.0696. The lowest BCUT2D eigenvalue weighted by molar-refractivity contribution is -0.114. The third-order valence-corrected chi connectivity index (χ3v) is 4.96. The van der Waals surface area contributed by atoms with Crippen LogP contribution >= 0.6 is 0 Å². The van der Waals surface area contributed by atoms with E-state index in [2.05, 4.69) is 5.32 Å². The number of carbonyl (C=O) groups is 2. The van der Waals surface area contributed by atoms with Crippen molar-refractivity contribution in [1.82, 2.24) is 0 Å². The van der Waals surface area contributed by atoms with Gasteiger partial charge in [-0.3, -0.25) is 9.59 Å². The summed E-state index contributed by atoms with van der Waals surface area (Å²) in [5, 5.41) is 2.57. The van der Waals surface area contributed by atoms with E-state index in [0.29, 0.717) is 11.3 Å². The molecule has 6 heteroatoms. The van der Waals surface area contributed by atoms with Crippen LogP contribution in [0, 0.1) is 0 Å². The van der Waals surface area contributed by atoms with Gasteiger partial charge in [-0.2, -0.15) is 0 Å². The molecule has 2 rings (SSSR count). The van der Waals surface area contributed by atoms with Crippen LogP contribution in [0.15, 0.2) is 59.5 Å². The van der Waals surface area contributed by atoms with Crippen LogP contribution in [-0.2, 0) is 14.6 Å². The van der Waals surface area contributed by atoms with Crippen LogP contribution < -0.4 is 5.32 Å². The smallest absolute Gasteiger partial charge is 0.221 e. The van der Waals surface area contributed by atoms with E-state index < -0.39 is 9.84 Å². The number of benzene rings is 2. The summed E-state index contributed by atoms with van der Waals surface area (Å²) in [5.41, 5.74) is 1.03. The molecule has 0 radical (unpaired) electrons. The van der Waals surface area contributed by atoms with Gasteiger partial charge < -0.3 is 5.32 Å². The summed E-state index contributed by atoms with van der Waals surface area (Å²) in [7, 11) is -3.54. The quantitative estimate of drug-likeness (QED) is 0.825. The van der Waals surface area contributed by atoms with Gasteiger partial charge in [-0.1, -0.05) is 30.3 Å². The summed E-state index contributed by atoms with van der Waals surface area (Å²) in [4.78, 5) is 23.1. The maximum Gasteiger partial charge on any atom is 0.221 e. The lowest BCUT2D eigenvalue weighted by Crippen LogP contribution is -2.12. The second kappa shape index (κ2) is 7.19. The van der Waals surface area contributed by atoms with E-state index in [1.165, 1.54) is 31.2 Å². The highest BCUT2D eigenvalue weighted by Gasteiger charge is 2.17. The zero-order chi connectivity index (χ0) is 16.9. The number of anilines is 1. The Labute approximate surface area is 135 Å². The second-order valence-electron chi connectivity index (χ2n) is 5.06. The molecule has 120 valence electrons. The summed E-state index contributed by atoms with van der Waals surface area (Å²) < 4.78 is 24.5. The molecule has 0 heterocycles. The van der Waals surface area contributed by atoms with Crippen molar-refractivity contribution in [3.63, 3.8) is 0 Å². The topological polar surface area (TPSA) is 80.3 Å². The molecule has 0 atom stereocenters. The molecular weight excluding hydrogens is 314 g/mol. The number of Topliss-reactive ketones (excluding diaryl/α,β-unsaturated/α-hetero) is 1. The lowest BCUT2D eigenvalue weighted by atomic mass is 10.1. The van der Waals surface area contributed by atoms with Gasteiger partial charge in [0.1, 0.15) is 0 Å². The van der Waals surface area contributed by atoms with Gasteiger partial charge in [0.25, 0.3) is 0 Å². The standard InChI is InChI=1S/C17H17NO4S/c1-13(19)18-15-7-9-16(10-8-15)23(21,22)12-11-17(20)14-5-3-2-4-6-14/h2-10H,11-12H2,1H3,(H,18,19). The van der Waals surface area contributed by atoms with Crippen LogP contribution in [0.25, 0.3) is 0 Å². The SMILES string of the molecule is CC(=O)Nc1ccc(S(=O)(=O)CCC(=O)c2ccccc2)cc1. The van der Waals surface area contributed by atoms with Crippen LogP contribution in [0.3, 0.4) is 0 Å². The van der Waals surface area contributed by atoms with Crippen molar-refractivity contribution >= 4 is 27.2 Å². The first-order valence-corrected chi connectivity index (χ1v) is 8.72. The minimum Gasteiger partial charge on any atom is -0.326 e. The van der Waals surface area contributed by atoms with E-state index in [1.54, 1.807) is 30.3 Å². The summed E-state index contributed by atoms with van der Waals surface area (Å²) in [5.74, 6) is -0.682. The zero-order valence-corrected chi connectivity index (χ0v) is 13.5. The lowest BCUT2D eigenvalue weighted by Gasteiger charge is -2.06. The maximum absolute atomic E-state index is 12.3. The summed E-state index contributed by atoms with van der Waals surface area (Å²) in [6, 6.07) is 14.5. The molecule has 0 aliphatic carbocycles. The van der Waals surface area contributed by atoms with Crippen molar-refractivity contribution < 1.29 is 18.0 Å². The first-order valence-electron chi connectivity index (χ1n) is 7.07. The average molecular weight is 331 g/mol. The normalized spacial score (nSPS) is 11.0. The molecule has 0 spiro atoms. The third kappa shape index (κ3) is 4.75. The minimum atomic E-state index is -3.54. The van der Waals surface area contributed by atoms with Crippen LogP contribution in [0.5, 0.6) is 0 Å². The Morgan fingerprint density at radius 2 is 1.57 bits per heavy atom. The van der Waals surface area contributed by atoms with Crippen molar-refractivity contribution in [2.75, 3.05) is 11.1 Å². The number of nitrogens with one attached hydrogen (secondary N) is 1. The summed E-state index contributed by atoms with van der Waals surface area (Å²) >= 11 is 0. The van der Waals surface area contributed by atoms with E-state index in [9.17, 15) is 18.0 Å². The third-order valence-electron chi connectivity index (χ3n) is 3.23. The van der Waals surface area contributed by atoms with E-state index in [-0.39, 0.29) is 28.8 Å². The molecule has 1 N–H and O–H groups in total. The van der Waals surface area contributed by atoms with Crippen molar-refractivity contribution in [2.24, 2.45) is 0 Å². The Morgan fingerprint density at radius 3 is 2.13 bits per heavy atom. The number of hydrogen-bond acceptors (Lipinski definition) is 4. The van der Waals surface area contributed by atoms with E-state index >= 15 is 0 Å². The summed E-state index contributed by atoms with van der Waals surface area (Å²) in [6.45, 7) is 1.37. The number of sulfone groups is 1. The highest BCUT2D eigenvalue weighted by molar-refractivity contribution is 7.91. The van der Waals surface area contributed by atoms with Gasteiger partial charge in [-0.25, -0.2) is 8.42 Å². The highest BCUT2D eigenvalue weighted by atomic mass is 32.2. The highest BCUT2D eigenvalue weighted by Crippen LogP contribution is 2.17. The Balaban J connectivity index is 2.04. The van der Waals surface area contributed by atoms with Crippen molar-refractivity contribution in [1.29, 1.82) is 0 Å². The second-order valence-corrected chi connectivity index (χ2v) is 7.17. The fourth-order valence-corrected chi connectivity index (χ4v) is 3.30. The Bertz CT molecular complexity index is 796. The monoisotopic (exact) mass is 331 g/mol. The van der Waals surface area contributed by atoms with Gasteiger partial charge in [0.15, 0.2) is 15.6 Å². The average Bonchev–Trinajstić information content (AvgIpc) is 2.53. The number of rotatable bonds is 6. The molecule has 2 aromatic rings. The number of amides is 1. The molecule has 1 amide bonds. The van der Waals surface area contributed by atoms with Gasteiger partial charge >= 0.3 is 0 Å². The van der Waals surface area contributed by atoms with Crippen LogP contribution in [-0.4, -0.2) is 25.9 Å². The predicted octanol–water partition coefficient (Wildman–Crippen LogP) is 2.69. The Morgan fingerprint density at radius 1 is 0.957 bits per heavy atom. The van der Waals surface area contributed by atoms with Gasteiger partial charge in [0.05, 0.1) is 10.6 Å². The molecule has 0 aromatic heterocycles.